The second kappa shape index (κ2) is 3.15. The second-order valence-electron chi connectivity index (χ2n) is 5.40. The Hall–Kier alpha value is -0.200. The van der Waals surface area contributed by atoms with Crippen LogP contribution in [-0.2, 0) is 0 Å². The minimum absolute atomic E-state index is 0.198. The summed E-state index contributed by atoms with van der Waals surface area (Å²) in [6, 6.07) is -0.198. The molecule has 5 heteroatoms. The number of aliphatic hydroxyl groups is 4. The van der Waals surface area contributed by atoms with E-state index in [1.165, 1.54) is 0 Å². The molecular weight excluding hydrogens is 198 g/mol. The molecule has 2 aliphatic heterocycles. The van der Waals surface area contributed by atoms with Crippen molar-refractivity contribution >= 4 is 0 Å². The van der Waals surface area contributed by atoms with Gasteiger partial charge in [0.25, 0.3) is 0 Å². The molecule has 0 aromatic heterocycles. The van der Waals surface area contributed by atoms with Crippen LogP contribution < -0.4 is 0 Å². The lowest BCUT2D eigenvalue weighted by atomic mass is 9.84. The van der Waals surface area contributed by atoms with Gasteiger partial charge in [0, 0.05) is 12.8 Å². The molecule has 0 amide bonds. The number of likely N-dealkylation sites (N-methyl/N-ethyl adjacent to an activating group) is 1. The molecule has 5 nitrogen and oxygen atoms in total. The summed E-state index contributed by atoms with van der Waals surface area (Å²) < 4.78 is 0.378. The summed E-state index contributed by atoms with van der Waals surface area (Å²) in [7, 11) is 3.79. The van der Waals surface area contributed by atoms with Crippen molar-refractivity contribution in [2.24, 2.45) is 0 Å². The Balaban J connectivity index is 2.46. The minimum atomic E-state index is -0.959. The quantitative estimate of drug-likeness (QED) is 0.386. The van der Waals surface area contributed by atoms with Gasteiger partial charge in [-0.25, -0.2) is 0 Å². The van der Waals surface area contributed by atoms with Gasteiger partial charge in [-0.2, -0.15) is 0 Å². The molecule has 4 unspecified atom stereocenters. The molecule has 2 fully saturated rings. The van der Waals surface area contributed by atoms with E-state index in [-0.39, 0.29) is 12.6 Å². The topological polar surface area (TPSA) is 80.9 Å². The van der Waals surface area contributed by atoms with E-state index in [1.54, 1.807) is 0 Å². The van der Waals surface area contributed by atoms with E-state index in [0.717, 1.165) is 0 Å². The average molecular weight is 218 g/mol. The van der Waals surface area contributed by atoms with Crippen molar-refractivity contribution in [2.75, 3.05) is 20.7 Å². The van der Waals surface area contributed by atoms with Crippen LogP contribution in [0.25, 0.3) is 0 Å². The third-order valence-corrected chi connectivity index (χ3v) is 4.62. The first-order valence-electron chi connectivity index (χ1n) is 5.35. The van der Waals surface area contributed by atoms with Crippen LogP contribution in [0.4, 0.5) is 0 Å². The van der Waals surface area contributed by atoms with Gasteiger partial charge in [0.05, 0.1) is 20.2 Å². The van der Waals surface area contributed by atoms with E-state index in [0.29, 0.717) is 17.3 Å². The van der Waals surface area contributed by atoms with Crippen molar-refractivity contribution in [3.05, 3.63) is 0 Å². The van der Waals surface area contributed by atoms with Crippen molar-refractivity contribution in [1.29, 1.82) is 0 Å². The zero-order chi connectivity index (χ0) is 11.4. The summed E-state index contributed by atoms with van der Waals surface area (Å²) >= 11 is 0. The smallest absolute Gasteiger partial charge is 0.154 e. The zero-order valence-electron chi connectivity index (χ0n) is 9.17. The monoisotopic (exact) mass is 218 g/mol. The van der Waals surface area contributed by atoms with E-state index in [4.69, 9.17) is 0 Å². The molecule has 2 aliphatic rings. The van der Waals surface area contributed by atoms with Crippen molar-refractivity contribution in [3.63, 3.8) is 0 Å². The third kappa shape index (κ3) is 1.15. The molecule has 2 rings (SSSR count). The van der Waals surface area contributed by atoms with Crippen LogP contribution >= 0.6 is 0 Å². The minimum Gasteiger partial charge on any atom is -0.393 e. The first-order valence-corrected chi connectivity index (χ1v) is 5.35. The molecule has 2 heterocycles. The van der Waals surface area contributed by atoms with E-state index >= 15 is 0 Å². The maximum absolute atomic E-state index is 10.0. The van der Waals surface area contributed by atoms with Crippen LogP contribution in [-0.4, -0.2) is 75.5 Å². The lowest BCUT2D eigenvalue weighted by molar-refractivity contribution is -0.960. The summed E-state index contributed by atoms with van der Waals surface area (Å²) in [6.45, 7) is -0.216. The van der Waals surface area contributed by atoms with Crippen LogP contribution in [0, 0.1) is 0 Å². The number of aliphatic hydroxyl groups excluding tert-OH is 4. The zero-order valence-corrected chi connectivity index (χ0v) is 9.17. The van der Waals surface area contributed by atoms with Gasteiger partial charge in [0.15, 0.2) is 5.54 Å². The molecule has 2 bridgehead atoms. The van der Waals surface area contributed by atoms with Crippen molar-refractivity contribution in [3.8, 4) is 0 Å². The Labute approximate surface area is 89.2 Å². The molecule has 0 radical (unpaired) electrons. The predicted molar refractivity (Wildman–Crippen MR) is 53.0 cm³/mol. The van der Waals surface area contributed by atoms with Crippen LogP contribution in [0.2, 0.25) is 0 Å². The van der Waals surface area contributed by atoms with Crippen LogP contribution in [0.5, 0.6) is 0 Å². The van der Waals surface area contributed by atoms with Crippen molar-refractivity contribution in [2.45, 2.75) is 42.7 Å². The van der Waals surface area contributed by atoms with Gasteiger partial charge in [0.2, 0.25) is 0 Å². The van der Waals surface area contributed by atoms with E-state index in [1.807, 2.05) is 14.1 Å². The normalized spacial score (nSPS) is 53.2. The fourth-order valence-corrected chi connectivity index (χ4v) is 3.45. The number of rotatable bonds is 1. The Kier molecular flexibility index (Phi) is 2.37. The van der Waals surface area contributed by atoms with Gasteiger partial charge in [-0.05, 0) is 0 Å². The average Bonchev–Trinajstić information content (AvgIpc) is 2.27. The van der Waals surface area contributed by atoms with Gasteiger partial charge in [-0.15, -0.1) is 0 Å². The molecule has 2 saturated heterocycles. The molecule has 88 valence electrons. The predicted octanol–water partition coefficient (Wildman–Crippen LogP) is -1.95. The Morgan fingerprint density at radius 2 is 1.87 bits per heavy atom. The Morgan fingerprint density at radius 1 is 1.27 bits per heavy atom. The lowest BCUT2D eigenvalue weighted by Crippen LogP contribution is -2.68. The summed E-state index contributed by atoms with van der Waals surface area (Å²) in [5.41, 5.74) is -0.818. The Morgan fingerprint density at radius 3 is 2.40 bits per heavy atom. The summed E-state index contributed by atoms with van der Waals surface area (Å²) in [4.78, 5) is 0. The third-order valence-electron chi connectivity index (χ3n) is 4.62. The van der Waals surface area contributed by atoms with Crippen molar-refractivity contribution < 1.29 is 24.9 Å². The maximum atomic E-state index is 10.0. The molecule has 4 N–H and O–H groups in total. The molecule has 0 aromatic carbocycles. The molecular formula is C10H20NO4+. The Bertz CT molecular complexity index is 270. The molecule has 0 aromatic rings. The van der Waals surface area contributed by atoms with Gasteiger partial charge in [-0.1, -0.05) is 0 Å². The van der Waals surface area contributed by atoms with Crippen LogP contribution in [0.15, 0.2) is 0 Å². The van der Waals surface area contributed by atoms with E-state index in [2.05, 4.69) is 0 Å². The fraction of sp³-hybridized carbons (Fsp3) is 1.00. The highest BCUT2D eigenvalue weighted by atomic mass is 16.3. The second-order valence-corrected chi connectivity index (χ2v) is 5.40. The number of fused-ring (bicyclic) bond motifs is 2. The highest BCUT2D eigenvalue weighted by Crippen LogP contribution is 2.47. The highest BCUT2D eigenvalue weighted by Gasteiger charge is 2.69. The standard InChI is InChI=1S/C10H20NO4/c1-11(2)7-3-6(13)4-10(11,5-12)9(15)8(7)14/h6-9,12-15H,3-5H2,1-2H3/q+1/t6?,7?,8?,9?,10-/m0/s1. The molecule has 0 saturated carbocycles. The molecule has 0 spiro atoms. The van der Waals surface area contributed by atoms with E-state index in [9.17, 15) is 20.4 Å². The van der Waals surface area contributed by atoms with Gasteiger partial charge in [-0.3, -0.25) is 0 Å². The number of quaternary nitrogens is 1. The lowest BCUT2D eigenvalue weighted by Gasteiger charge is -2.50. The van der Waals surface area contributed by atoms with Gasteiger partial charge in [0.1, 0.15) is 24.9 Å². The summed E-state index contributed by atoms with van der Waals surface area (Å²) in [6.07, 6.45) is -1.54. The highest BCUT2D eigenvalue weighted by molar-refractivity contribution is 5.07. The van der Waals surface area contributed by atoms with Crippen LogP contribution in [0.1, 0.15) is 12.8 Å². The first kappa shape index (κ1) is 11.3. The molecule has 0 aliphatic carbocycles. The summed E-state index contributed by atoms with van der Waals surface area (Å²) in [5, 5.41) is 39.2. The first-order chi connectivity index (χ1) is 6.87. The number of piperidine rings is 1. The SMILES string of the molecule is C[N+]1(C)C2CC(O)C[C@]1(CO)C(O)C2O. The largest absolute Gasteiger partial charge is 0.393 e. The van der Waals surface area contributed by atoms with Crippen molar-refractivity contribution in [1.82, 2.24) is 0 Å². The molecule has 15 heavy (non-hydrogen) atoms. The molecule has 5 atom stereocenters. The number of hydrogen-bond donors (Lipinski definition) is 4. The maximum Gasteiger partial charge on any atom is 0.154 e. The summed E-state index contributed by atoms with van der Waals surface area (Å²) in [5.74, 6) is 0. The van der Waals surface area contributed by atoms with Gasteiger partial charge < -0.3 is 24.9 Å². The van der Waals surface area contributed by atoms with Crippen LogP contribution in [0.3, 0.4) is 0 Å². The number of nitrogens with zero attached hydrogens (tertiary/aromatic N) is 1. The fourth-order valence-electron chi connectivity index (χ4n) is 3.45. The van der Waals surface area contributed by atoms with Gasteiger partial charge >= 0.3 is 0 Å². The van der Waals surface area contributed by atoms with E-state index < -0.39 is 23.9 Å². The number of hydrogen-bond acceptors (Lipinski definition) is 4.